The van der Waals surface area contributed by atoms with Crippen LogP contribution in [0.15, 0.2) is 34.3 Å². The third-order valence-corrected chi connectivity index (χ3v) is 4.19. The summed E-state index contributed by atoms with van der Waals surface area (Å²) in [6, 6.07) is 5.51. The summed E-state index contributed by atoms with van der Waals surface area (Å²) in [5.41, 5.74) is 4.21. The molecule has 1 N–H and O–H groups in total. The number of hydrogen-bond donors (Lipinski definition) is 1. The van der Waals surface area contributed by atoms with Gasteiger partial charge in [-0.05, 0) is 28.9 Å². The van der Waals surface area contributed by atoms with Gasteiger partial charge in [-0.15, -0.1) is 0 Å². The zero-order chi connectivity index (χ0) is 15.4. The summed E-state index contributed by atoms with van der Waals surface area (Å²) in [5, 5.41) is 4.04. The van der Waals surface area contributed by atoms with Crippen LogP contribution < -0.4 is 10.2 Å². The van der Waals surface area contributed by atoms with E-state index in [1.807, 2.05) is 31.2 Å². The van der Waals surface area contributed by atoms with E-state index in [1.54, 1.807) is 19.4 Å². The summed E-state index contributed by atoms with van der Waals surface area (Å²) >= 11 is -1.12. The highest BCUT2D eigenvalue weighted by atomic mass is 32.2. The minimum absolute atomic E-state index is 0.0623. The van der Waals surface area contributed by atoms with Crippen molar-refractivity contribution < 1.29 is 14.1 Å². The second kappa shape index (κ2) is 6.78. The number of hydrogen-bond acceptors (Lipinski definition) is 4. The van der Waals surface area contributed by atoms with Gasteiger partial charge >= 0.3 is 0 Å². The van der Waals surface area contributed by atoms with Gasteiger partial charge in [-0.3, -0.25) is 4.79 Å². The Kier molecular flexibility index (Phi) is 5.03. The van der Waals surface area contributed by atoms with Crippen LogP contribution in [-0.2, 0) is 16.0 Å². The normalized spacial score (nSPS) is 20.1. The Hall–Kier alpha value is -1.79. The molecule has 2 unspecified atom stereocenters. The molecule has 0 bridgehead atoms. The second-order valence-corrected chi connectivity index (χ2v) is 6.22. The molecule has 112 valence electrons. The van der Waals surface area contributed by atoms with Crippen LogP contribution in [0.3, 0.4) is 0 Å². The molecule has 21 heavy (non-hydrogen) atoms. The third kappa shape index (κ3) is 3.86. The molecule has 1 heterocycles. The lowest BCUT2D eigenvalue weighted by molar-refractivity contribution is -0.121. The van der Waals surface area contributed by atoms with Crippen LogP contribution in [0.2, 0.25) is 0 Å². The van der Waals surface area contributed by atoms with Crippen LogP contribution in [0.4, 0.5) is 0 Å². The number of carbonyl (C=O) groups excluding carboxylic acids is 1. The van der Waals surface area contributed by atoms with Gasteiger partial charge in [0.1, 0.15) is 6.26 Å². The number of hydrazone groups is 1. The molecule has 1 amide bonds. The van der Waals surface area contributed by atoms with E-state index in [-0.39, 0.29) is 11.8 Å². The molecule has 0 fully saturated rings. The number of rotatable bonds is 4. The van der Waals surface area contributed by atoms with Crippen molar-refractivity contribution in [1.82, 2.24) is 5.43 Å². The molecular formula is C15H18N2O3S. The fraction of sp³-hybridized carbons (Fsp3) is 0.333. The first kappa shape index (κ1) is 15.6. The quantitative estimate of drug-likeness (QED) is 0.864. The van der Waals surface area contributed by atoms with E-state index in [9.17, 15) is 9.35 Å². The summed E-state index contributed by atoms with van der Waals surface area (Å²) in [4.78, 5) is 11.9. The molecule has 2 rings (SSSR count). The topological polar surface area (TPSA) is 73.8 Å². The van der Waals surface area contributed by atoms with E-state index in [1.165, 1.54) is 0 Å². The van der Waals surface area contributed by atoms with Crippen molar-refractivity contribution in [1.29, 1.82) is 0 Å². The minimum atomic E-state index is -1.12. The Balaban J connectivity index is 2.21. The van der Waals surface area contributed by atoms with Crippen molar-refractivity contribution in [2.45, 2.75) is 18.2 Å². The van der Waals surface area contributed by atoms with E-state index >= 15 is 0 Å². The van der Waals surface area contributed by atoms with E-state index in [0.717, 1.165) is 11.3 Å². The first-order valence-electron chi connectivity index (χ1n) is 6.57. The van der Waals surface area contributed by atoms with Crippen LogP contribution in [0.5, 0.6) is 5.75 Å². The van der Waals surface area contributed by atoms with Gasteiger partial charge in [0.2, 0.25) is 5.91 Å². The molecular weight excluding hydrogens is 288 g/mol. The van der Waals surface area contributed by atoms with Gasteiger partial charge in [0.15, 0.2) is 10.6 Å². The summed E-state index contributed by atoms with van der Waals surface area (Å²) in [6.07, 6.45) is 5.82. The monoisotopic (exact) mass is 306 g/mol. The molecule has 1 aliphatic heterocycles. The molecule has 2 atom stereocenters. The second-order valence-electron chi connectivity index (χ2n) is 4.87. The highest BCUT2D eigenvalue weighted by Gasteiger charge is 2.18. The van der Waals surface area contributed by atoms with Crippen molar-refractivity contribution in [3.63, 3.8) is 0 Å². The fourth-order valence-corrected chi connectivity index (χ4v) is 2.81. The van der Waals surface area contributed by atoms with E-state index < -0.39 is 11.2 Å². The first-order chi connectivity index (χ1) is 10.0. The highest BCUT2D eigenvalue weighted by Crippen LogP contribution is 2.25. The Morgan fingerprint density at radius 2 is 2.24 bits per heavy atom. The number of allylic oxidation sites excluding steroid dienone is 1. The van der Waals surface area contributed by atoms with Crippen LogP contribution in [0.25, 0.3) is 6.08 Å². The van der Waals surface area contributed by atoms with Crippen LogP contribution in [0, 0.1) is 5.92 Å². The van der Waals surface area contributed by atoms with Crippen LogP contribution in [0.1, 0.15) is 18.9 Å². The number of carbonyl (C=O) groups is 1. The summed E-state index contributed by atoms with van der Waals surface area (Å²) in [7, 11) is 1.56. The number of benzene rings is 1. The average molecular weight is 306 g/mol. The summed E-state index contributed by atoms with van der Waals surface area (Å²) in [5.74, 6) is 0.643. The smallest absolute Gasteiger partial charge is 0.240 e. The Morgan fingerprint density at radius 3 is 2.86 bits per heavy atom. The summed E-state index contributed by atoms with van der Waals surface area (Å²) < 4.78 is 16.9. The average Bonchev–Trinajstić information content (AvgIpc) is 2.46. The van der Waals surface area contributed by atoms with Crippen LogP contribution >= 0.6 is 0 Å². The maximum absolute atomic E-state index is 11.7. The number of methoxy groups -OCH3 is 1. The van der Waals surface area contributed by atoms with Gasteiger partial charge in [0.05, 0.1) is 12.8 Å². The van der Waals surface area contributed by atoms with Gasteiger partial charge < -0.3 is 9.29 Å². The van der Waals surface area contributed by atoms with Crippen molar-refractivity contribution >= 4 is 28.9 Å². The molecule has 0 saturated heterocycles. The van der Waals surface area contributed by atoms with E-state index in [0.29, 0.717) is 17.1 Å². The standard InChI is InChI=1S/C15H18N2O3S/c1-10-8-15(18)17-16-12(10)6-4-11-5-7-13(20-2)14(9-11)21(3)19/h4-7,9-10H,8H2,1-3H3,(H,17,18). The molecule has 0 radical (unpaired) electrons. The molecule has 0 saturated carbocycles. The minimum Gasteiger partial charge on any atom is -0.612 e. The molecule has 5 nitrogen and oxygen atoms in total. The third-order valence-electron chi connectivity index (χ3n) is 3.25. The number of nitrogens with zero attached hydrogens (tertiary/aromatic N) is 1. The SMILES string of the molecule is COc1ccc(C=CC2=NNC(=O)CC2C)cc1[S+](C)[O-]. The van der Waals surface area contributed by atoms with Crippen molar-refractivity contribution in [2.24, 2.45) is 11.0 Å². The van der Waals surface area contributed by atoms with E-state index in [2.05, 4.69) is 10.5 Å². The zero-order valence-electron chi connectivity index (χ0n) is 12.3. The predicted molar refractivity (Wildman–Crippen MR) is 83.7 cm³/mol. The Bertz CT molecular complexity index is 597. The molecule has 1 aromatic rings. The number of nitrogens with one attached hydrogen (secondary N) is 1. The zero-order valence-corrected chi connectivity index (χ0v) is 13.1. The molecule has 1 aromatic carbocycles. The van der Waals surface area contributed by atoms with Crippen molar-refractivity contribution in [2.75, 3.05) is 13.4 Å². The lowest BCUT2D eigenvalue weighted by atomic mass is 9.99. The van der Waals surface area contributed by atoms with Gasteiger partial charge in [-0.2, -0.15) is 5.10 Å². The predicted octanol–water partition coefficient (Wildman–Crippen LogP) is 1.96. The maximum atomic E-state index is 11.7. The maximum Gasteiger partial charge on any atom is 0.240 e. The van der Waals surface area contributed by atoms with Gasteiger partial charge in [-0.25, -0.2) is 5.43 Å². The lowest BCUT2D eigenvalue weighted by Crippen LogP contribution is -2.30. The Morgan fingerprint density at radius 1 is 1.48 bits per heavy atom. The van der Waals surface area contributed by atoms with Gasteiger partial charge in [-0.1, -0.05) is 19.1 Å². The van der Waals surface area contributed by atoms with Gasteiger partial charge in [0.25, 0.3) is 0 Å². The molecule has 0 spiro atoms. The lowest BCUT2D eigenvalue weighted by Gasteiger charge is -2.16. The molecule has 6 heteroatoms. The summed E-state index contributed by atoms with van der Waals surface area (Å²) in [6.45, 7) is 1.96. The largest absolute Gasteiger partial charge is 0.612 e. The molecule has 0 aliphatic carbocycles. The fourth-order valence-electron chi connectivity index (χ4n) is 2.07. The molecule has 1 aliphatic rings. The van der Waals surface area contributed by atoms with Crippen molar-refractivity contribution in [3.8, 4) is 5.75 Å². The van der Waals surface area contributed by atoms with Crippen molar-refractivity contribution in [3.05, 3.63) is 29.8 Å². The first-order valence-corrected chi connectivity index (χ1v) is 8.13. The number of ether oxygens (including phenoxy) is 1. The molecule has 0 aromatic heterocycles. The van der Waals surface area contributed by atoms with Crippen LogP contribution in [-0.4, -0.2) is 29.5 Å². The highest BCUT2D eigenvalue weighted by molar-refractivity contribution is 7.90. The van der Waals surface area contributed by atoms with E-state index in [4.69, 9.17) is 4.74 Å². The number of amides is 1. The van der Waals surface area contributed by atoms with Gasteiger partial charge in [0, 0.05) is 18.4 Å². The Labute approximate surface area is 127 Å².